The van der Waals surface area contributed by atoms with Crippen LogP contribution in [0.3, 0.4) is 0 Å². The van der Waals surface area contributed by atoms with Crippen molar-refractivity contribution in [2.75, 3.05) is 5.73 Å². The summed E-state index contributed by atoms with van der Waals surface area (Å²) in [7, 11) is 0. The molecule has 3 heterocycles. The maximum Gasteiger partial charge on any atom is 0.223 e. The summed E-state index contributed by atoms with van der Waals surface area (Å²) in [5, 5.41) is 4.36. The second-order valence-electron chi connectivity index (χ2n) is 5.96. The van der Waals surface area contributed by atoms with Crippen molar-refractivity contribution in [2.24, 2.45) is 0 Å². The first-order valence-electron chi connectivity index (χ1n) is 7.79. The molecule has 4 rings (SSSR count). The number of benzene rings is 1. The van der Waals surface area contributed by atoms with E-state index in [1.165, 1.54) is 10.1 Å². The lowest BCUT2D eigenvalue weighted by atomic mass is 10.00. The Morgan fingerprint density at radius 1 is 1.08 bits per heavy atom. The Hall–Kier alpha value is -3.15. The molecular weight excluding hydrogens is 302 g/mol. The Labute approximate surface area is 139 Å². The highest BCUT2D eigenvalue weighted by Crippen LogP contribution is 2.25. The molecule has 0 radical (unpaired) electrons. The number of anilines is 1. The van der Waals surface area contributed by atoms with E-state index in [0.717, 1.165) is 11.3 Å². The summed E-state index contributed by atoms with van der Waals surface area (Å²) in [4.78, 5) is 8.97. The van der Waals surface area contributed by atoms with Gasteiger partial charge in [0.15, 0.2) is 11.4 Å². The van der Waals surface area contributed by atoms with Gasteiger partial charge in [0, 0.05) is 11.6 Å². The van der Waals surface area contributed by atoms with Gasteiger partial charge < -0.3 is 10.2 Å². The number of aromatic nitrogens is 4. The van der Waals surface area contributed by atoms with E-state index in [-0.39, 0.29) is 0 Å². The molecule has 24 heavy (non-hydrogen) atoms. The SMILES string of the molecule is CC(C)c1cccc(-c2cc3nc(-c4ccco4)nn3c(N)n2)c1. The van der Waals surface area contributed by atoms with Gasteiger partial charge in [-0.2, -0.15) is 4.52 Å². The van der Waals surface area contributed by atoms with Crippen molar-refractivity contribution in [1.29, 1.82) is 0 Å². The summed E-state index contributed by atoms with van der Waals surface area (Å²) in [6.45, 7) is 4.33. The van der Waals surface area contributed by atoms with E-state index in [4.69, 9.17) is 10.2 Å². The van der Waals surface area contributed by atoms with Crippen LogP contribution in [0.2, 0.25) is 0 Å². The first-order chi connectivity index (χ1) is 11.6. The van der Waals surface area contributed by atoms with Gasteiger partial charge in [-0.1, -0.05) is 32.0 Å². The lowest BCUT2D eigenvalue weighted by Crippen LogP contribution is -2.03. The first kappa shape index (κ1) is 14.4. The molecule has 0 fully saturated rings. The molecule has 120 valence electrons. The van der Waals surface area contributed by atoms with E-state index in [9.17, 15) is 0 Å². The quantitative estimate of drug-likeness (QED) is 0.622. The average Bonchev–Trinajstić information content (AvgIpc) is 3.24. The first-order valence-corrected chi connectivity index (χ1v) is 7.79. The molecule has 0 saturated heterocycles. The van der Waals surface area contributed by atoms with E-state index in [1.54, 1.807) is 12.3 Å². The van der Waals surface area contributed by atoms with Crippen LogP contribution < -0.4 is 5.73 Å². The third kappa shape index (κ3) is 2.42. The third-order valence-electron chi connectivity index (χ3n) is 3.94. The fourth-order valence-electron chi connectivity index (χ4n) is 2.63. The zero-order chi connectivity index (χ0) is 16.7. The van der Waals surface area contributed by atoms with Gasteiger partial charge in [-0.25, -0.2) is 9.97 Å². The van der Waals surface area contributed by atoms with E-state index >= 15 is 0 Å². The monoisotopic (exact) mass is 319 g/mol. The number of rotatable bonds is 3. The molecule has 6 heteroatoms. The van der Waals surface area contributed by atoms with Gasteiger partial charge in [0.2, 0.25) is 11.8 Å². The van der Waals surface area contributed by atoms with Crippen molar-refractivity contribution in [1.82, 2.24) is 19.6 Å². The highest BCUT2D eigenvalue weighted by Gasteiger charge is 2.13. The molecule has 2 N–H and O–H groups in total. The Balaban J connectivity index is 1.84. The Morgan fingerprint density at radius 3 is 2.71 bits per heavy atom. The van der Waals surface area contributed by atoms with Crippen molar-refractivity contribution >= 4 is 11.6 Å². The van der Waals surface area contributed by atoms with Crippen molar-refractivity contribution in [3.63, 3.8) is 0 Å². The highest BCUT2D eigenvalue weighted by atomic mass is 16.3. The molecule has 0 aliphatic rings. The largest absolute Gasteiger partial charge is 0.461 e. The fraction of sp³-hybridized carbons (Fsp3) is 0.167. The molecule has 1 aromatic carbocycles. The van der Waals surface area contributed by atoms with Crippen molar-refractivity contribution < 1.29 is 4.42 Å². The summed E-state index contributed by atoms with van der Waals surface area (Å²) in [6, 6.07) is 13.8. The summed E-state index contributed by atoms with van der Waals surface area (Å²) >= 11 is 0. The van der Waals surface area contributed by atoms with Gasteiger partial charge in [-0.15, -0.1) is 5.10 Å². The number of nitrogen functional groups attached to an aromatic ring is 1. The number of hydrogen-bond donors (Lipinski definition) is 1. The second-order valence-corrected chi connectivity index (χ2v) is 5.96. The molecule has 0 amide bonds. The zero-order valence-electron chi connectivity index (χ0n) is 13.5. The molecular formula is C18H17N5O. The summed E-state index contributed by atoms with van der Waals surface area (Å²) < 4.78 is 6.87. The number of nitrogens with zero attached hydrogens (tertiary/aromatic N) is 4. The maximum atomic E-state index is 6.08. The molecule has 0 aliphatic heterocycles. The van der Waals surface area contributed by atoms with E-state index in [2.05, 4.69) is 41.0 Å². The van der Waals surface area contributed by atoms with Crippen LogP contribution in [0.5, 0.6) is 0 Å². The van der Waals surface area contributed by atoms with Crippen LogP contribution in [0.1, 0.15) is 25.3 Å². The van der Waals surface area contributed by atoms with Crippen molar-refractivity contribution in [3.8, 4) is 22.8 Å². The Morgan fingerprint density at radius 2 is 1.96 bits per heavy atom. The smallest absolute Gasteiger partial charge is 0.223 e. The van der Waals surface area contributed by atoms with Crippen LogP contribution in [0.4, 0.5) is 5.95 Å². The van der Waals surface area contributed by atoms with Gasteiger partial charge in [-0.3, -0.25) is 0 Å². The predicted octanol–water partition coefficient (Wildman–Crippen LogP) is 3.76. The van der Waals surface area contributed by atoms with E-state index < -0.39 is 0 Å². The maximum absolute atomic E-state index is 6.08. The Bertz CT molecular complexity index is 1000. The van der Waals surface area contributed by atoms with Crippen LogP contribution in [-0.4, -0.2) is 19.6 Å². The highest BCUT2D eigenvalue weighted by molar-refractivity contribution is 5.67. The normalized spacial score (nSPS) is 11.5. The molecule has 0 saturated carbocycles. The minimum Gasteiger partial charge on any atom is -0.461 e. The number of nitrogens with two attached hydrogens (primary N) is 1. The molecule has 3 aromatic heterocycles. The van der Waals surface area contributed by atoms with Gasteiger partial charge in [-0.05, 0) is 29.7 Å². The van der Waals surface area contributed by atoms with Crippen molar-refractivity contribution in [2.45, 2.75) is 19.8 Å². The van der Waals surface area contributed by atoms with Crippen LogP contribution in [0, 0.1) is 0 Å². The lowest BCUT2D eigenvalue weighted by Gasteiger charge is -2.08. The molecule has 0 aliphatic carbocycles. The lowest BCUT2D eigenvalue weighted by molar-refractivity contribution is 0.577. The predicted molar refractivity (Wildman–Crippen MR) is 92.4 cm³/mol. The minimum absolute atomic E-state index is 0.294. The number of hydrogen-bond acceptors (Lipinski definition) is 5. The topological polar surface area (TPSA) is 82.2 Å². The molecule has 0 atom stereocenters. The summed E-state index contributed by atoms with van der Waals surface area (Å²) in [6.07, 6.45) is 1.59. The molecule has 0 spiro atoms. The molecule has 0 unspecified atom stereocenters. The zero-order valence-corrected chi connectivity index (χ0v) is 13.5. The van der Waals surface area contributed by atoms with Gasteiger partial charge in [0.1, 0.15) is 0 Å². The average molecular weight is 319 g/mol. The van der Waals surface area contributed by atoms with Crippen LogP contribution in [0.25, 0.3) is 28.5 Å². The van der Waals surface area contributed by atoms with Crippen LogP contribution in [0.15, 0.2) is 53.1 Å². The van der Waals surface area contributed by atoms with E-state index in [1.807, 2.05) is 24.3 Å². The van der Waals surface area contributed by atoms with Crippen LogP contribution >= 0.6 is 0 Å². The third-order valence-corrected chi connectivity index (χ3v) is 3.94. The Kier molecular flexibility index (Phi) is 3.30. The fourth-order valence-corrected chi connectivity index (χ4v) is 2.63. The molecule has 6 nitrogen and oxygen atoms in total. The second kappa shape index (κ2) is 5.49. The standard InChI is InChI=1S/C18H17N5O/c1-11(2)12-5-3-6-13(9-12)14-10-16-21-17(15-7-4-8-24-15)22-23(16)18(19)20-14/h3-11H,1-2H3,(H2,19,20). The number of fused-ring (bicyclic) bond motifs is 1. The molecule has 0 bridgehead atoms. The van der Waals surface area contributed by atoms with Crippen LogP contribution in [-0.2, 0) is 0 Å². The van der Waals surface area contributed by atoms with Crippen molar-refractivity contribution in [3.05, 3.63) is 54.3 Å². The number of furan rings is 1. The van der Waals surface area contributed by atoms with Gasteiger partial charge in [0.05, 0.1) is 12.0 Å². The van der Waals surface area contributed by atoms with Gasteiger partial charge in [0.25, 0.3) is 0 Å². The van der Waals surface area contributed by atoms with E-state index in [0.29, 0.717) is 29.1 Å². The minimum atomic E-state index is 0.294. The molecule has 4 aromatic rings. The summed E-state index contributed by atoms with van der Waals surface area (Å²) in [5.74, 6) is 1.83. The summed E-state index contributed by atoms with van der Waals surface area (Å²) in [5.41, 5.74) is 9.76. The van der Waals surface area contributed by atoms with Gasteiger partial charge >= 0.3 is 0 Å².